The summed E-state index contributed by atoms with van der Waals surface area (Å²) < 4.78 is 40.7. The molecule has 1 saturated heterocycles. The van der Waals surface area contributed by atoms with Gasteiger partial charge in [-0.1, -0.05) is 12.1 Å². The summed E-state index contributed by atoms with van der Waals surface area (Å²) in [5.41, 5.74) is -0.108. The molecule has 0 bridgehead atoms. The highest BCUT2D eigenvalue weighted by Crippen LogP contribution is 2.26. The van der Waals surface area contributed by atoms with Gasteiger partial charge in [0.05, 0.1) is 5.56 Å². The molecule has 21 heavy (non-hydrogen) atoms. The Morgan fingerprint density at radius 3 is 2.48 bits per heavy atom. The molecule has 4 nitrogen and oxygen atoms in total. The highest BCUT2D eigenvalue weighted by molar-refractivity contribution is 5.97. The average Bonchev–Trinajstić information content (AvgIpc) is 2.38. The SMILES string of the molecule is Cl.O=C(NC1CCNCC1)c1ccccc1OC(F)(F)F. The van der Waals surface area contributed by atoms with E-state index < -0.39 is 18.0 Å². The number of hydrogen-bond acceptors (Lipinski definition) is 3. The van der Waals surface area contributed by atoms with E-state index >= 15 is 0 Å². The van der Waals surface area contributed by atoms with E-state index in [4.69, 9.17) is 0 Å². The van der Waals surface area contributed by atoms with Gasteiger partial charge in [-0.15, -0.1) is 25.6 Å². The first kappa shape index (κ1) is 17.6. The summed E-state index contributed by atoms with van der Waals surface area (Å²) in [6.45, 7) is 1.57. The number of amides is 1. The first-order valence-corrected chi connectivity index (χ1v) is 6.32. The first-order valence-electron chi connectivity index (χ1n) is 6.32. The number of hydrogen-bond donors (Lipinski definition) is 2. The van der Waals surface area contributed by atoms with E-state index in [1.54, 1.807) is 0 Å². The average molecular weight is 325 g/mol. The van der Waals surface area contributed by atoms with Crippen LogP contribution in [0.4, 0.5) is 13.2 Å². The Morgan fingerprint density at radius 1 is 1.24 bits per heavy atom. The van der Waals surface area contributed by atoms with Crippen LogP contribution in [0.3, 0.4) is 0 Å². The summed E-state index contributed by atoms with van der Waals surface area (Å²) in [5, 5.41) is 5.88. The monoisotopic (exact) mass is 324 g/mol. The Morgan fingerprint density at radius 2 is 1.86 bits per heavy atom. The van der Waals surface area contributed by atoms with Gasteiger partial charge in [-0.05, 0) is 38.1 Å². The second-order valence-corrected chi connectivity index (χ2v) is 4.54. The minimum atomic E-state index is -4.81. The van der Waals surface area contributed by atoms with E-state index in [0.29, 0.717) is 0 Å². The molecule has 0 saturated carbocycles. The Labute approximate surface area is 126 Å². The van der Waals surface area contributed by atoms with Crippen LogP contribution >= 0.6 is 12.4 Å². The zero-order valence-corrected chi connectivity index (χ0v) is 11.9. The van der Waals surface area contributed by atoms with Crippen LogP contribution in [0.15, 0.2) is 24.3 Å². The molecule has 2 rings (SSSR count). The van der Waals surface area contributed by atoms with Crippen molar-refractivity contribution in [2.24, 2.45) is 0 Å². The van der Waals surface area contributed by atoms with Gasteiger partial charge in [0.2, 0.25) is 0 Å². The van der Waals surface area contributed by atoms with Crippen LogP contribution in [0.1, 0.15) is 23.2 Å². The van der Waals surface area contributed by atoms with E-state index in [2.05, 4.69) is 15.4 Å². The lowest BCUT2D eigenvalue weighted by Gasteiger charge is -2.24. The van der Waals surface area contributed by atoms with E-state index in [-0.39, 0.29) is 24.0 Å². The molecular weight excluding hydrogens is 309 g/mol. The Hall–Kier alpha value is -1.47. The van der Waals surface area contributed by atoms with Crippen LogP contribution in [0.25, 0.3) is 0 Å². The number of carbonyl (C=O) groups excluding carboxylic acids is 1. The lowest BCUT2D eigenvalue weighted by Crippen LogP contribution is -2.42. The van der Waals surface area contributed by atoms with Gasteiger partial charge in [0, 0.05) is 6.04 Å². The Kier molecular flexibility index (Phi) is 6.29. The van der Waals surface area contributed by atoms with Crippen molar-refractivity contribution in [1.82, 2.24) is 10.6 Å². The molecule has 1 amide bonds. The molecule has 0 aliphatic carbocycles. The van der Waals surface area contributed by atoms with Crippen molar-refractivity contribution >= 4 is 18.3 Å². The van der Waals surface area contributed by atoms with Gasteiger partial charge in [0.1, 0.15) is 5.75 Å². The first-order chi connectivity index (χ1) is 9.46. The van der Waals surface area contributed by atoms with E-state index in [1.165, 1.54) is 18.2 Å². The highest BCUT2D eigenvalue weighted by Gasteiger charge is 2.33. The molecule has 0 aromatic heterocycles. The summed E-state index contributed by atoms with van der Waals surface area (Å²) in [4.78, 5) is 12.0. The molecule has 8 heteroatoms. The third kappa shape index (κ3) is 5.43. The number of piperidine rings is 1. The molecule has 2 N–H and O–H groups in total. The van der Waals surface area contributed by atoms with Gasteiger partial charge < -0.3 is 15.4 Å². The predicted molar refractivity (Wildman–Crippen MR) is 73.7 cm³/mol. The summed E-state index contributed by atoms with van der Waals surface area (Å²) in [6, 6.07) is 5.31. The molecule has 0 atom stereocenters. The van der Waals surface area contributed by atoms with E-state index in [9.17, 15) is 18.0 Å². The topological polar surface area (TPSA) is 50.4 Å². The fourth-order valence-electron chi connectivity index (χ4n) is 2.10. The van der Waals surface area contributed by atoms with Gasteiger partial charge in [-0.3, -0.25) is 4.79 Å². The van der Waals surface area contributed by atoms with Crippen molar-refractivity contribution in [2.75, 3.05) is 13.1 Å². The van der Waals surface area contributed by atoms with Crippen molar-refractivity contribution in [3.63, 3.8) is 0 Å². The van der Waals surface area contributed by atoms with Gasteiger partial charge in [0.25, 0.3) is 5.91 Å². The third-order valence-corrected chi connectivity index (χ3v) is 3.03. The van der Waals surface area contributed by atoms with Crippen LogP contribution in [0.5, 0.6) is 5.75 Å². The Bertz CT molecular complexity index is 477. The minimum absolute atomic E-state index is 0. The van der Waals surface area contributed by atoms with Gasteiger partial charge in [-0.2, -0.15) is 0 Å². The summed E-state index contributed by atoms with van der Waals surface area (Å²) in [6.07, 6.45) is -3.30. The van der Waals surface area contributed by atoms with Crippen LogP contribution in [-0.2, 0) is 0 Å². The van der Waals surface area contributed by atoms with Crippen molar-refractivity contribution in [2.45, 2.75) is 25.2 Å². The van der Waals surface area contributed by atoms with Crippen LogP contribution in [0.2, 0.25) is 0 Å². The summed E-state index contributed by atoms with van der Waals surface area (Å²) >= 11 is 0. The molecule has 1 aromatic rings. The number of benzene rings is 1. The lowest BCUT2D eigenvalue weighted by molar-refractivity contribution is -0.274. The second-order valence-electron chi connectivity index (χ2n) is 4.54. The van der Waals surface area contributed by atoms with Crippen LogP contribution in [0, 0.1) is 0 Å². The number of nitrogens with one attached hydrogen (secondary N) is 2. The molecule has 0 radical (unpaired) electrons. The highest BCUT2D eigenvalue weighted by atomic mass is 35.5. The van der Waals surface area contributed by atoms with Crippen molar-refractivity contribution in [1.29, 1.82) is 0 Å². The number of carbonyl (C=O) groups is 1. The zero-order chi connectivity index (χ0) is 14.6. The molecule has 1 heterocycles. The minimum Gasteiger partial charge on any atom is -0.405 e. The largest absolute Gasteiger partial charge is 0.573 e. The standard InChI is InChI=1S/C13H15F3N2O2.ClH/c14-13(15,16)20-11-4-2-1-3-10(11)12(19)18-9-5-7-17-8-6-9;/h1-4,9,17H,5-8H2,(H,18,19);1H. The molecule has 1 fully saturated rings. The molecule has 118 valence electrons. The maximum absolute atomic E-state index is 12.3. The fraction of sp³-hybridized carbons (Fsp3) is 0.462. The van der Waals surface area contributed by atoms with E-state index in [0.717, 1.165) is 32.0 Å². The van der Waals surface area contributed by atoms with Crippen molar-refractivity contribution in [3.05, 3.63) is 29.8 Å². The second kappa shape index (κ2) is 7.51. The van der Waals surface area contributed by atoms with E-state index in [1.807, 2.05) is 0 Å². The Balaban J connectivity index is 0.00000220. The molecule has 0 spiro atoms. The van der Waals surface area contributed by atoms with Crippen molar-refractivity contribution in [3.8, 4) is 5.75 Å². The quantitative estimate of drug-likeness (QED) is 0.898. The van der Waals surface area contributed by atoms with Gasteiger partial charge in [0.15, 0.2) is 0 Å². The molecule has 1 aliphatic heterocycles. The number of para-hydroxylation sites is 1. The smallest absolute Gasteiger partial charge is 0.405 e. The van der Waals surface area contributed by atoms with Crippen LogP contribution in [-0.4, -0.2) is 31.4 Å². The zero-order valence-electron chi connectivity index (χ0n) is 11.1. The normalized spacial score (nSPS) is 16.0. The van der Waals surface area contributed by atoms with Crippen molar-refractivity contribution < 1.29 is 22.7 Å². The molecule has 0 unspecified atom stereocenters. The van der Waals surface area contributed by atoms with Gasteiger partial charge in [-0.25, -0.2) is 0 Å². The predicted octanol–water partition coefficient (Wildman–Crippen LogP) is 2.49. The molecule has 1 aliphatic rings. The number of alkyl halides is 3. The lowest BCUT2D eigenvalue weighted by atomic mass is 10.1. The maximum Gasteiger partial charge on any atom is 0.573 e. The van der Waals surface area contributed by atoms with Crippen LogP contribution < -0.4 is 15.4 Å². The maximum atomic E-state index is 12.3. The van der Waals surface area contributed by atoms with Gasteiger partial charge >= 0.3 is 6.36 Å². The molecular formula is C13H16ClF3N2O2. The summed E-state index contributed by atoms with van der Waals surface area (Å²) in [5.74, 6) is -1.02. The molecule has 1 aromatic carbocycles. The number of rotatable bonds is 3. The number of ether oxygens (including phenoxy) is 1. The third-order valence-electron chi connectivity index (χ3n) is 3.03. The summed E-state index contributed by atoms with van der Waals surface area (Å²) in [7, 11) is 0. The fourth-order valence-corrected chi connectivity index (χ4v) is 2.10. The number of halogens is 4.